The molecule has 10 nitrogen and oxygen atoms in total. The molecule has 1 aromatic rings. The van der Waals surface area contributed by atoms with Gasteiger partial charge in [0.25, 0.3) is 11.8 Å². The Kier molecular flexibility index (Phi) is 8.25. The zero-order valence-electron chi connectivity index (χ0n) is 19.6. The van der Waals surface area contributed by atoms with Gasteiger partial charge in [0.05, 0.1) is 13.0 Å². The summed E-state index contributed by atoms with van der Waals surface area (Å²) in [6, 6.07) is 5.95. The smallest absolute Gasteiger partial charge is 0.344 e. The fourth-order valence-corrected chi connectivity index (χ4v) is 4.01. The predicted molar refractivity (Wildman–Crippen MR) is 121 cm³/mol. The number of hydrazine groups is 1. The van der Waals surface area contributed by atoms with Crippen LogP contribution in [0.5, 0.6) is 5.75 Å². The Morgan fingerprint density at radius 2 is 1.79 bits per heavy atom. The number of imide groups is 1. The molecule has 3 rings (SSSR count). The van der Waals surface area contributed by atoms with Gasteiger partial charge in [0, 0.05) is 12.0 Å². The van der Waals surface area contributed by atoms with Crippen LogP contribution in [-0.4, -0.2) is 53.4 Å². The fraction of sp³-hybridized carbons (Fsp3) is 0.542. The van der Waals surface area contributed by atoms with Crippen molar-refractivity contribution in [3.8, 4) is 5.75 Å². The van der Waals surface area contributed by atoms with Crippen molar-refractivity contribution in [2.75, 3.05) is 13.2 Å². The lowest BCUT2D eigenvalue weighted by atomic mass is 9.77. The third-order valence-electron chi connectivity index (χ3n) is 6.10. The number of amides is 4. The van der Waals surface area contributed by atoms with E-state index < -0.39 is 36.0 Å². The van der Waals surface area contributed by atoms with E-state index in [-0.39, 0.29) is 18.6 Å². The number of benzene rings is 1. The van der Waals surface area contributed by atoms with Crippen molar-refractivity contribution >= 4 is 29.6 Å². The number of ether oxygens (including phenoxy) is 2. The van der Waals surface area contributed by atoms with Crippen LogP contribution in [0.25, 0.3) is 0 Å². The summed E-state index contributed by atoms with van der Waals surface area (Å²) in [4.78, 5) is 61.3. The molecule has 1 saturated heterocycles. The number of rotatable bonds is 10. The predicted octanol–water partition coefficient (Wildman–Crippen LogP) is 2.51. The van der Waals surface area contributed by atoms with Gasteiger partial charge in [-0.3, -0.25) is 24.6 Å². The molecule has 2 N–H and O–H groups in total. The molecule has 1 heterocycles. The second kappa shape index (κ2) is 11.1. The molecule has 1 aliphatic carbocycles. The highest BCUT2D eigenvalue weighted by Gasteiger charge is 2.52. The van der Waals surface area contributed by atoms with Crippen LogP contribution in [0.4, 0.5) is 4.79 Å². The van der Waals surface area contributed by atoms with Crippen LogP contribution in [0.15, 0.2) is 24.3 Å². The quantitative estimate of drug-likeness (QED) is 0.303. The van der Waals surface area contributed by atoms with E-state index in [9.17, 15) is 24.0 Å². The lowest BCUT2D eigenvalue weighted by molar-refractivity contribution is -0.150. The third kappa shape index (κ3) is 6.12. The van der Waals surface area contributed by atoms with Crippen LogP contribution in [0.3, 0.4) is 0 Å². The molecular weight excluding hydrogens is 442 g/mol. The van der Waals surface area contributed by atoms with Crippen LogP contribution in [-0.2, 0) is 19.1 Å². The summed E-state index contributed by atoms with van der Waals surface area (Å²) in [5.74, 6) is -1.15. The zero-order chi connectivity index (χ0) is 24.7. The van der Waals surface area contributed by atoms with Gasteiger partial charge in [-0.1, -0.05) is 13.8 Å². The van der Waals surface area contributed by atoms with Crippen molar-refractivity contribution < 1.29 is 33.4 Å². The highest BCUT2D eigenvalue weighted by Crippen LogP contribution is 2.35. The Morgan fingerprint density at radius 3 is 2.44 bits per heavy atom. The lowest BCUT2D eigenvalue weighted by Crippen LogP contribution is -2.52. The van der Waals surface area contributed by atoms with Gasteiger partial charge in [0.1, 0.15) is 11.3 Å². The average molecular weight is 474 g/mol. The largest absolute Gasteiger partial charge is 0.494 e. The van der Waals surface area contributed by atoms with Crippen molar-refractivity contribution in [1.29, 1.82) is 0 Å². The molecule has 4 amide bonds. The number of carbonyl (C=O) groups excluding carboxylic acids is 5. The maximum atomic E-state index is 12.7. The summed E-state index contributed by atoms with van der Waals surface area (Å²) in [6.45, 7) is 4.01. The number of urea groups is 1. The van der Waals surface area contributed by atoms with Gasteiger partial charge in [-0.15, -0.1) is 0 Å². The molecule has 184 valence electrons. The Balaban J connectivity index is 1.40. The van der Waals surface area contributed by atoms with E-state index in [0.717, 1.165) is 19.3 Å². The van der Waals surface area contributed by atoms with Gasteiger partial charge >= 0.3 is 12.0 Å². The first-order chi connectivity index (χ1) is 16.2. The number of Topliss-reactive ketones (excluding diaryl/α,β-unsaturated/α-hetero) is 1. The average Bonchev–Trinajstić information content (AvgIpc) is 3.06. The summed E-state index contributed by atoms with van der Waals surface area (Å²) in [5.41, 5.74) is 1.67. The summed E-state index contributed by atoms with van der Waals surface area (Å²) >= 11 is 0. The Hall–Kier alpha value is -3.43. The molecule has 2 aliphatic rings. The maximum absolute atomic E-state index is 12.7. The Morgan fingerprint density at radius 1 is 1.12 bits per heavy atom. The van der Waals surface area contributed by atoms with Crippen molar-refractivity contribution in [2.24, 2.45) is 5.92 Å². The van der Waals surface area contributed by atoms with Crippen LogP contribution in [0, 0.1) is 5.92 Å². The van der Waals surface area contributed by atoms with Gasteiger partial charge in [-0.05, 0) is 62.3 Å². The molecular formula is C24H31N3O7. The number of hydrogen-bond donors (Lipinski definition) is 2. The molecule has 0 aromatic heterocycles. The minimum absolute atomic E-state index is 0.0798. The van der Waals surface area contributed by atoms with Crippen LogP contribution < -0.4 is 15.5 Å². The normalized spacial score (nSPS) is 21.8. The van der Waals surface area contributed by atoms with Crippen LogP contribution >= 0.6 is 0 Å². The van der Waals surface area contributed by atoms with E-state index in [2.05, 4.69) is 17.7 Å². The molecule has 10 heteroatoms. The maximum Gasteiger partial charge on any atom is 0.344 e. The monoisotopic (exact) mass is 473 g/mol. The van der Waals surface area contributed by atoms with E-state index >= 15 is 0 Å². The second-order valence-corrected chi connectivity index (χ2v) is 8.83. The highest BCUT2D eigenvalue weighted by molar-refractivity contribution is 6.08. The van der Waals surface area contributed by atoms with Crippen LogP contribution in [0.2, 0.25) is 0 Å². The van der Waals surface area contributed by atoms with E-state index in [1.54, 1.807) is 24.3 Å². The number of nitrogens with one attached hydrogen (secondary N) is 2. The Labute approximate surface area is 198 Å². The summed E-state index contributed by atoms with van der Waals surface area (Å²) in [5, 5.41) is 3.35. The molecule has 1 aromatic carbocycles. The molecule has 0 radical (unpaired) electrons. The van der Waals surface area contributed by atoms with E-state index in [4.69, 9.17) is 9.47 Å². The number of carbonyl (C=O) groups is 5. The zero-order valence-corrected chi connectivity index (χ0v) is 19.6. The number of esters is 1. The van der Waals surface area contributed by atoms with Gasteiger partial charge in [-0.25, -0.2) is 4.79 Å². The van der Waals surface area contributed by atoms with Gasteiger partial charge in [-0.2, -0.15) is 5.01 Å². The standard InChI is InChI=1S/C24H31N3O7/c1-3-14-33-18-6-4-17(5-7-18)19(28)8-9-21(30)34-15-20(29)26-27-22(31)24(25-23(27)32)12-10-16(2)11-13-24/h4-7,16H,3,8-15H2,1-2H3,(H,25,32)(H,26,29). The summed E-state index contributed by atoms with van der Waals surface area (Å²) < 4.78 is 10.4. The molecule has 0 atom stereocenters. The summed E-state index contributed by atoms with van der Waals surface area (Å²) in [7, 11) is 0. The van der Waals surface area contributed by atoms with Crippen LogP contribution in [0.1, 0.15) is 69.2 Å². The topological polar surface area (TPSA) is 131 Å². The molecule has 2 fully saturated rings. The molecule has 1 saturated carbocycles. The molecule has 1 aliphatic heterocycles. The van der Waals surface area contributed by atoms with Gasteiger partial charge < -0.3 is 14.8 Å². The molecule has 0 unspecified atom stereocenters. The first-order valence-corrected chi connectivity index (χ1v) is 11.6. The number of hydrogen-bond acceptors (Lipinski definition) is 7. The molecule has 0 bridgehead atoms. The van der Waals surface area contributed by atoms with Gasteiger partial charge in [0.2, 0.25) is 0 Å². The molecule has 34 heavy (non-hydrogen) atoms. The van der Waals surface area contributed by atoms with Crippen molar-refractivity contribution in [3.05, 3.63) is 29.8 Å². The first kappa shape index (κ1) is 25.2. The van der Waals surface area contributed by atoms with Crippen molar-refractivity contribution in [2.45, 2.75) is 64.3 Å². The SMILES string of the molecule is CCCOc1ccc(C(=O)CCC(=O)OCC(=O)NN2C(=O)NC3(CCC(C)CC3)C2=O)cc1. The van der Waals surface area contributed by atoms with Crippen molar-refractivity contribution in [3.63, 3.8) is 0 Å². The lowest BCUT2D eigenvalue weighted by Gasteiger charge is -2.33. The van der Waals surface area contributed by atoms with Gasteiger partial charge in [0.15, 0.2) is 12.4 Å². The van der Waals surface area contributed by atoms with Crippen molar-refractivity contribution in [1.82, 2.24) is 15.8 Å². The Bertz CT molecular complexity index is 936. The number of nitrogens with zero attached hydrogens (tertiary/aromatic N) is 1. The first-order valence-electron chi connectivity index (χ1n) is 11.6. The second-order valence-electron chi connectivity index (χ2n) is 8.83. The summed E-state index contributed by atoms with van der Waals surface area (Å²) in [6.07, 6.45) is 3.24. The van der Waals surface area contributed by atoms with E-state index in [1.165, 1.54) is 0 Å². The molecule has 1 spiro atoms. The number of ketones is 1. The third-order valence-corrected chi connectivity index (χ3v) is 6.10. The van der Waals surface area contributed by atoms with E-state index in [0.29, 0.717) is 41.7 Å². The minimum Gasteiger partial charge on any atom is -0.494 e. The fourth-order valence-electron chi connectivity index (χ4n) is 4.01. The van der Waals surface area contributed by atoms with E-state index in [1.807, 2.05) is 6.92 Å². The minimum atomic E-state index is -0.978. The highest BCUT2D eigenvalue weighted by atomic mass is 16.5.